The zero-order valence-electron chi connectivity index (χ0n) is 10.5. The fourth-order valence-corrected chi connectivity index (χ4v) is 1.82. The molecule has 0 saturated heterocycles. The second-order valence-electron chi connectivity index (χ2n) is 4.13. The van der Waals surface area contributed by atoms with Crippen LogP contribution in [0.15, 0.2) is 48.7 Å². The van der Waals surface area contributed by atoms with Gasteiger partial charge in [0.25, 0.3) is 5.69 Å². The summed E-state index contributed by atoms with van der Waals surface area (Å²) in [7, 11) is 0. The summed E-state index contributed by atoms with van der Waals surface area (Å²) in [5.74, 6) is 0. The van der Waals surface area contributed by atoms with Gasteiger partial charge in [-0.1, -0.05) is 24.3 Å². The van der Waals surface area contributed by atoms with Crippen LogP contribution in [0.3, 0.4) is 0 Å². The highest BCUT2D eigenvalue weighted by Crippen LogP contribution is 2.16. The second kappa shape index (κ2) is 6.61. The van der Waals surface area contributed by atoms with Crippen molar-refractivity contribution < 1.29 is 4.92 Å². The predicted octanol–water partition coefficient (Wildman–Crippen LogP) is 2.32. The Bertz CT molecular complexity index is 543. The SMILES string of the molecule is O=[N+]([O-])c1ccccc1CNCCc1ccccn1. The van der Waals surface area contributed by atoms with Crippen LogP contribution < -0.4 is 5.32 Å². The van der Waals surface area contributed by atoms with Gasteiger partial charge in [0.15, 0.2) is 0 Å². The fourth-order valence-electron chi connectivity index (χ4n) is 1.82. The lowest BCUT2D eigenvalue weighted by Crippen LogP contribution is -2.17. The molecular weight excluding hydrogens is 242 g/mol. The van der Waals surface area contributed by atoms with Crippen molar-refractivity contribution in [2.75, 3.05) is 6.54 Å². The number of benzene rings is 1. The van der Waals surface area contributed by atoms with Crippen molar-refractivity contribution in [3.05, 3.63) is 70.0 Å². The molecule has 1 N–H and O–H groups in total. The van der Waals surface area contributed by atoms with Crippen LogP contribution in [0.1, 0.15) is 11.3 Å². The van der Waals surface area contributed by atoms with Crippen LogP contribution in [0.2, 0.25) is 0 Å². The molecule has 5 nitrogen and oxygen atoms in total. The lowest BCUT2D eigenvalue weighted by molar-refractivity contribution is -0.385. The monoisotopic (exact) mass is 257 g/mol. The van der Waals surface area contributed by atoms with Crippen molar-refractivity contribution in [2.45, 2.75) is 13.0 Å². The smallest absolute Gasteiger partial charge is 0.273 e. The number of nitro benzene ring substituents is 1. The standard InChI is InChI=1S/C14H15N3O2/c18-17(19)14-7-2-1-5-12(14)11-15-10-8-13-6-3-4-9-16-13/h1-7,9,15H,8,10-11H2. The van der Waals surface area contributed by atoms with Crippen LogP contribution in [-0.4, -0.2) is 16.5 Å². The number of nitro groups is 1. The third-order valence-electron chi connectivity index (χ3n) is 2.79. The summed E-state index contributed by atoms with van der Waals surface area (Å²) in [5.41, 5.74) is 1.87. The van der Waals surface area contributed by atoms with Crippen molar-refractivity contribution in [1.82, 2.24) is 10.3 Å². The molecule has 0 fully saturated rings. The first kappa shape index (κ1) is 13.2. The van der Waals surface area contributed by atoms with Gasteiger partial charge in [0.05, 0.1) is 4.92 Å². The number of nitrogens with zero attached hydrogens (tertiary/aromatic N) is 2. The molecule has 0 aliphatic heterocycles. The highest BCUT2D eigenvalue weighted by atomic mass is 16.6. The third-order valence-corrected chi connectivity index (χ3v) is 2.79. The normalized spacial score (nSPS) is 10.3. The Hall–Kier alpha value is -2.27. The molecule has 2 aromatic rings. The zero-order chi connectivity index (χ0) is 13.5. The average Bonchev–Trinajstić information content (AvgIpc) is 2.45. The summed E-state index contributed by atoms with van der Waals surface area (Å²) >= 11 is 0. The summed E-state index contributed by atoms with van der Waals surface area (Å²) in [5, 5.41) is 14.0. The van der Waals surface area contributed by atoms with Gasteiger partial charge in [-0.2, -0.15) is 0 Å². The van der Waals surface area contributed by atoms with Crippen molar-refractivity contribution in [2.24, 2.45) is 0 Å². The number of pyridine rings is 1. The van der Waals surface area contributed by atoms with Gasteiger partial charge in [-0.3, -0.25) is 15.1 Å². The highest BCUT2D eigenvalue weighted by Gasteiger charge is 2.11. The molecule has 98 valence electrons. The first-order chi connectivity index (χ1) is 9.27. The van der Waals surface area contributed by atoms with Gasteiger partial charge in [-0.15, -0.1) is 0 Å². The number of para-hydroxylation sites is 1. The maximum atomic E-state index is 10.8. The second-order valence-corrected chi connectivity index (χ2v) is 4.13. The minimum absolute atomic E-state index is 0.160. The van der Waals surface area contributed by atoms with Gasteiger partial charge in [-0.05, 0) is 12.1 Å². The Morgan fingerprint density at radius 3 is 2.68 bits per heavy atom. The molecule has 0 aliphatic carbocycles. The van der Waals surface area contributed by atoms with Crippen LogP contribution >= 0.6 is 0 Å². The van der Waals surface area contributed by atoms with Gasteiger partial charge < -0.3 is 5.32 Å². The van der Waals surface area contributed by atoms with Crippen LogP contribution in [0.25, 0.3) is 0 Å². The van der Waals surface area contributed by atoms with Gasteiger partial charge in [-0.25, -0.2) is 0 Å². The van der Waals surface area contributed by atoms with E-state index >= 15 is 0 Å². The zero-order valence-corrected chi connectivity index (χ0v) is 10.5. The third kappa shape index (κ3) is 3.86. The van der Waals surface area contributed by atoms with E-state index in [1.165, 1.54) is 6.07 Å². The number of nitrogens with one attached hydrogen (secondary N) is 1. The Morgan fingerprint density at radius 2 is 1.95 bits per heavy atom. The molecule has 0 radical (unpaired) electrons. The van der Waals surface area contributed by atoms with Crippen molar-refractivity contribution in [3.63, 3.8) is 0 Å². The molecule has 0 spiro atoms. The fraction of sp³-hybridized carbons (Fsp3) is 0.214. The molecule has 19 heavy (non-hydrogen) atoms. The summed E-state index contributed by atoms with van der Waals surface area (Å²) in [6.45, 7) is 1.23. The molecule has 1 aromatic heterocycles. The number of hydrogen-bond donors (Lipinski definition) is 1. The first-order valence-corrected chi connectivity index (χ1v) is 6.10. The van der Waals surface area contributed by atoms with E-state index in [0.717, 1.165) is 18.7 Å². The maximum Gasteiger partial charge on any atom is 0.273 e. The molecular formula is C14H15N3O2. The van der Waals surface area contributed by atoms with Crippen LogP contribution in [-0.2, 0) is 13.0 Å². The van der Waals surface area contributed by atoms with Crippen LogP contribution in [0.5, 0.6) is 0 Å². The lowest BCUT2D eigenvalue weighted by Gasteiger charge is -2.05. The molecule has 1 heterocycles. The Morgan fingerprint density at radius 1 is 1.16 bits per heavy atom. The molecule has 0 amide bonds. The van der Waals surface area contributed by atoms with Gasteiger partial charge in [0.2, 0.25) is 0 Å². The average molecular weight is 257 g/mol. The molecule has 0 atom stereocenters. The van der Waals surface area contributed by atoms with Gasteiger partial charge in [0, 0.05) is 43.0 Å². The minimum Gasteiger partial charge on any atom is -0.312 e. The first-order valence-electron chi connectivity index (χ1n) is 6.10. The molecule has 1 aromatic carbocycles. The molecule has 2 rings (SSSR count). The van der Waals surface area contributed by atoms with Crippen molar-refractivity contribution >= 4 is 5.69 Å². The minimum atomic E-state index is -0.351. The maximum absolute atomic E-state index is 10.8. The van der Waals surface area contributed by atoms with E-state index in [4.69, 9.17) is 0 Å². The summed E-state index contributed by atoms with van der Waals surface area (Å²) in [6.07, 6.45) is 2.57. The Balaban J connectivity index is 1.85. The molecule has 0 saturated carbocycles. The van der Waals surface area contributed by atoms with Crippen LogP contribution in [0.4, 0.5) is 5.69 Å². The predicted molar refractivity (Wildman–Crippen MR) is 72.7 cm³/mol. The number of rotatable bonds is 6. The van der Waals surface area contributed by atoms with Crippen molar-refractivity contribution in [3.8, 4) is 0 Å². The molecule has 0 unspecified atom stereocenters. The Kier molecular flexibility index (Phi) is 4.58. The molecule has 5 heteroatoms. The quantitative estimate of drug-likeness (QED) is 0.490. The number of hydrogen-bond acceptors (Lipinski definition) is 4. The van der Waals surface area contributed by atoms with E-state index < -0.39 is 0 Å². The van der Waals surface area contributed by atoms with E-state index in [1.807, 2.05) is 24.3 Å². The van der Waals surface area contributed by atoms with Gasteiger partial charge >= 0.3 is 0 Å². The highest BCUT2D eigenvalue weighted by molar-refractivity contribution is 5.39. The molecule has 0 bridgehead atoms. The summed E-state index contributed by atoms with van der Waals surface area (Å²) in [6, 6.07) is 12.6. The van der Waals surface area contributed by atoms with E-state index in [9.17, 15) is 10.1 Å². The van der Waals surface area contributed by atoms with Crippen LogP contribution in [0, 0.1) is 10.1 Å². The molecule has 0 aliphatic rings. The van der Waals surface area contributed by atoms with E-state index in [1.54, 1.807) is 18.3 Å². The lowest BCUT2D eigenvalue weighted by atomic mass is 10.2. The van der Waals surface area contributed by atoms with E-state index in [-0.39, 0.29) is 10.6 Å². The number of aromatic nitrogens is 1. The van der Waals surface area contributed by atoms with E-state index in [0.29, 0.717) is 12.1 Å². The Labute approximate surface area is 111 Å². The van der Waals surface area contributed by atoms with Crippen molar-refractivity contribution in [1.29, 1.82) is 0 Å². The summed E-state index contributed by atoms with van der Waals surface area (Å²) < 4.78 is 0. The van der Waals surface area contributed by atoms with E-state index in [2.05, 4.69) is 10.3 Å². The van der Waals surface area contributed by atoms with Gasteiger partial charge in [0.1, 0.15) is 0 Å². The topological polar surface area (TPSA) is 68.1 Å². The largest absolute Gasteiger partial charge is 0.312 e. The summed E-state index contributed by atoms with van der Waals surface area (Å²) in [4.78, 5) is 14.7.